The number of amides is 1. The zero-order chi connectivity index (χ0) is 7.56. The van der Waals surface area contributed by atoms with Crippen molar-refractivity contribution >= 4 is 28.5 Å². The molecule has 0 saturated heterocycles. The number of rotatable bonds is 1. The van der Waals surface area contributed by atoms with Gasteiger partial charge in [0.2, 0.25) is 5.91 Å². The molecule has 0 aromatic heterocycles. The summed E-state index contributed by atoms with van der Waals surface area (Å²) in [5.74, 6) is 0.107. The predicted molar refractivity (Wildman–Crippen MR) is 49.3 cm³/mol. The Morgan fingerprint density at radius 2 is 2.30 bits per heavy atom. The summed E-state index contributed by atoms with van der Waals surface area (Å²) < 4.78 is 0.773. The maximum Gasteiger partial charge on any atom is 0.217 e. The number of hydrogen-bond acceptors (Lipinski definition) is 1. The highest BCUT2D eigenvalue weighted by atomic mass is 127. The van der Waals surface area contributed by atoms with Crippen molar-refractivity contribution in [1.29, 1.82) is 0 Å². The zero-order valence-corrected chi connectivity index (χ0v) is 8.22. The van der Waals surface area contributed by atoms with Gasteiger partial charge in [-0.2, -0.15) is 0 Å². The van der Waals surface area contributed by atoms with Crippen LogP contribution in [0.25, 0.3) is 0 Å². The molecule has 2 unspecified atom stereocenters. The molecular formula is C7H12INO. The van der Waals surface area contributed by atoms with Crippen LogP contribution in [-0.4, -0.2) is 15.9 Å². The van der Waals surface area contributed by atoms with E-state index < -0.39 is 0 Å². The summed E-state index contributed by atoms with van der Waals surface area (Å²) in [6.07, 6.45) is 3.57. The van der Waals surface area contributed by atoms with Gasteiger partial charge in [0, 0.05) is 16.9 Å². The van der Waals surface area contributed by atoms with E-state index in [4.69, 9.17) is 0 Å². The minimum atomic E-state index is 0.107. The second-order valence-corrected chi connectivity index (χ2v) is 4.57. The quantitative estimate of drug-likeness (QED) is 0.556. The van der Waals surface area contributed by atoms with E-state index in [-0.39, 0.29) is 5.91 Å². The summed E-state index contributed by atoms with van der Waals surface area (Å²) in [5.41, 5.74) is 0. The highest BCUT2D eigenvalue weighted by Gasteiger charge is 2.22. The Hall–Kier alpha value is 0.200. The molecule has 0 radical (unpaired) electrons. The molecular weight excluding hydrogens is 241 g/mol. The van der Waals surface area contributed by atoms with Crippen LogP contribution < -0.4 is 5.32 Å². The maximum atomic E-state index is 10.6. The standard InChI is InChI=1S/C7H12INO/c1-5(10)9-7-3-2-6(8)4-7/h6-7H,2-4H2,1H3,(H,9,10). The molecule has 0 heterocycles. The van der Waals surface area contributed by atoms with E-state index in [0.29, 0.717) is 6.04 Å². The molecule has 1 amide bonds. The predicted octanol–water partition coefficient (Wildman–Crippen LogP) is 1.48. The van der Waals surface area contributed by atoms with Crippen molar-refractivity contribution in [3.63, 3.8) is 0 Å². The summed E-state index contributed by atoms with van der Waals surface area (Å²) >= 11 is 2.44. The molecule has 58 valence electrons. The van der Waals surface area contributed by atoms with E-state index in [2.05, 4.69) is 27.9 Å². The third-order valence-corrected chi connectivity index (χ3v) is 2.91. The van der Waals surface area contributed by atoms with Gasteiger partial charge in [-0.1, -0.05) is 22.6 Å². The van der Waals surface area contributed by atoms with Gasteiger partial charge in [-0.15, -0.1) is 0 Å². The number of nitrogens with one attached hydrogen (secondary N) is 1. The van der Waals surface area contributed by atoms with Crippen molar-refractivity contribution in [3.05, 3.63) is 0 Å². The van der Waals surface area contributed by atoms with Crippen LogP contribution >= 0.6 is 22.6 Å². The smallest absolute Gasteiger partial charge is 0.217 e. The molecule has 2 nitrogen and oxygen atoms in total. The van der Waals surface area contributed by atoms with Gasteiger partial charge in [0.25, 0.3) is 0 Å². The molecule has 1 saturated carbocycles. The summed E-state index contributed by atoms with van der Waals surface area (Å²) in [6.45, 7) is 1.58. The summed E-state index contributed by atoms with van der Waals surface area (Å²) in [5, 5.41) is 2.93. The van der Waals surface area contributed by atoms with E-state index >= 15 is 0 Å². The van der Waals surface area contributed by atoms with Gasteiger partial charge in [0.1, 0.15) is 0 Å². The lowest BCUT2D eigenvalue weighted by Crippen LogP contribution is -2.30. The largest absolute Gasteiger partial charge is 0.354 e. The maximum absolute atomic E-state index is 10.6. The Kier molecular flexibility index (Phi) is 2.95. The highest BCUT2D eigenvalue weighted by Crippen LogP contribution is 2.25. The number of alkyl halides is 1. The van der Waals surface area contributed by atoms with Gasteiger partial charge in [0.05, 0.1) is 0 Å². The molecule has 1 rings (SSSR count). The normalized spacial score (nSPS) is 32.2. The fourth-order valence-corrected chi connectivity index (χ4v) is 2.32. The summed E-state index contributed by atoms with van der Waals surface area (Å²) in [6, 6.07) is 0.458. The second kappa shape index (κ2) is 3.55. The van der Waals surface area contributed by atoms with Gasteiger partial charge in [-0.05, 0) is 19.3 Å². The van der Waals surface area contributed by atoms with E-state index in [1.165, 1.54) is 6.42 Å². The fourth-order valence-electron chi connectivity index (χ4n) is 1.35. The Morgan fingerprint density at radius 1 is 1.60 bits per heavy atom. The molecule has 1 N–H and O–H groups in total. The average Bonchev–Trinajstić information content (AvgIpc) is 2.13. The number of hydrogen-bond donors (Lipinski definition) is 1. The molecule has 0 aromatic rings. The first-order chi connectivity index (χ1) is 4.68. The van der Waals surface area contributed by atoms with Gasteiger partial charge in [-0.25, -0.2) is 0 Å². The van der Waals surface area contributed by atoms with Crippen molar-refractivity contribution < 1.29 is 4.79 Å². The Balaban J connectivity index is 2.24. The van der Waals surface area contributed by atoms with Gasteiger partial charge >= 0.3 is 0 Å². The fraction of sp³-hybridized carbons (Fsp3) is 0.857. The third kappa shape index (κ3) is 2.44. The number of carbonyl (C=O) groups is 1. The molecule has 1 aliphatic carbocycles. The zero-order valence-electron chi connectivity index (χ0n) is 6.06. The molecule has 1 aliphatic rings. The summed E-state index contributed by atoms with van der Waals surface area (Å²) in [7, 11) is 0. The Bertz CT molecular complexity index is 138. The Labute approximate surface area is 74.9 Å². The second-order valence-electron chi connectivity index (χ2n) is 2.81. The van der Waals surface area contributed by atoms with Gasteiger partial charge < -0.3 is 5.32 Å². The van der Waals surface area contributed by atoms with Crippen LogP contribution in [-0.2, 0) is 4.79 Å². The SMILES string of the molecule is CC(=O)NC1CCC(I)C1. The van der Waals surface area contributed by atoms with E-state index in [9.17, 15) is 4.79 Å². The molecule has 0 aliphatic heterocycles. The van der Waals surface area contributed by atoms with Crippen LogP contribution in [0.5, 0.6) is 0 Å². The molecule has 0 spiro atoms. The van der Waals surface area contributed by atoms with Crippen LogP contribution in [0.4, 0.5) is 0 Å². The molecule has 0 aromatic carbocycles. The van der Waals surface area contributed by atoms with Crippen LogP contribution in [0.3, 0.4) is 0 Å². The highest BCUT2D eigenvalue weighted by molar-refractivity contribution is 14.1. The minimum absolute atomic E-state index is 0.107. The first-order valence-electron chi connectivity index (χ1n) is 3.59. The van der Waals surface area contributed by atoms with Crippen molar-refractivity contribution in [2.45, 2.75) is 36.2 Å². The summed E-state index contributed by atoms with van der Waals surface area (Å²) in [4.78, 5) is 10.6. The van der Waals surface area contributed by atoms with Crippen LogP contribution in [0.1, 0.15) is 26.2 Å². The average molecular weight is 253 g/mol. The molecule has 0 bridgehead atoms. The van der Waals surface area contributed by atoms with E-state index in [0.717, 1.165) is 16.8 Å². The third-order valence-electron chi connectivity index (χ3n) is 1.78. The monoisotopic (exact) mass is 253 g/mol. The van der Waals surface area contributed by atoms with E-state index in [1.807, 2.05) is 0 Å². The molecule has 1 fully saturated rings. The first kappa shape index (κ1) is 8.30. The number of carbonyl (C=O) groups excluding carboxylic acids is 1. The first-order valence-corrected chi connectivity index (χ1v) is 4.84. The molecule has 10 heavy (non-hydrogen) atoms. The molecule has 3 heteroatoms. The lowest BCUT2D eigenvalue weighted by molar-refractivity contribution is -0.119. The van der Waals surface area contributed by atoms with E-state index in [1.54, 1.807) is 6.92 Å². The topological polar surface area (TPSA) is 29.1 Å². The minimum Gasteiger partial charge on any atom is -0.354 e. The lowest BCUT2D eigenvalue weighted by Gasteiger charge is -2.08. The number of halogens is 1. The van der Waals surface area contributed by atoms with Crippen molar-refractivity contribution in [1.82, 2.24) is 5.32 Å². The van der Waals surface area contributed by atoms with Crippen molar-refractivity contribution in [2.24, 2.45) is 0 Å². The Morgan fingerprint density at radius 3 is 2.70 bits per heavy atom. The van der Waals surface area contributed by atoms with Crippen LogP contribution in [0, 0.1) is 0 Å². The lowest BCUT2D eigenvalue weighted by atomic mass is 10.2. The van der Waals surface area contributed by atoms with Crippen molar-refractivity contribution in [3.8, 4) is 0 Å². The molecule has 2 atom stereocenters. The van der Waals surface area contributed by atoms with Gasteiger partial charge in [0.15, 0.2) is 0 Å². The van der Waals surface area contributed by atoms with Crippen molar-refractivity contribution in [2.75, 3.05) is 0 Å². The van der Waals surface area contributed by atoms with Crippen LogP contribution in [0.2, 0.25) is 0 Å². The van der Waals surface area contributed by atoms with Gasteiger partial charge in [-0.3, -0.25) is 4.79 Å². The van der Waals surface area contributed by atoms with Crippen LogP contribution in [0.15, 0.2) is 0 Å².